The van der Waals surface area contributed by atoms with Crippen LogP contribution >= 0.6 is 0 Å². The molecule has 170 valence electrons. The zero-order valence-electron chi connectivity index (χ0n) is 17.4. The van der Waals surface area contributed by atoms with Crippen LogP contribution in [0.25, 0.3) is 10.9 Å². The maximum Gasteiger partial charge on any atom is 0.323 e. The van der Waals surface area contributed by atoms with Crippen molar-refractivity contribution in [3.63, 3.8) is 0 Å². The average Bonchev–Trinajstić information content (AvgIpc) is 2.99. The SMILES string of the molecule is Cc1c(Cc2ccc(=O)n(Cc3cc(F)c(F)cc3F)c2)c2cc(F)ccc2n1CC(=O)O. The largest absolute Gasteiger partial charge is 0.480 e. The minimum Gasteiger partial charge on any atom is -0.480 e. The van der Waals surface area contributed by atoms with Gasteiger partial charge in [-0.2, -0.15) is 0 Å². The Morgan fingerprint density at radius 2 is 1.70 bits per heavy atom. The minimum absolute atomic E-state index is 0.190. The van der Waals surface area contributed by atoms with Crippen LogP contribution < -0.4 is 5.56 Å². The van der Waals surface area contributed by atoms with Crippen molar-refractivity contribution < 1.29 is 27.5 Å². The van der Waals surface area contributed by atoms with Gasteiger partial charge in [0.05, 0.1) is 6.54 Å². The van der Waals surface area contributed by atoms with E-state index in [-0.39, 0.29) is 25.1 Å². The second-order valence-corrected chi connectivity index (χ2v) is 7.74. The lowest BCUT2D eigenvalue weighted by molar-refractivity contribution is -0.137. The van der Waals surface area contributed by atoms with Gasteiger partial charge < -0.3 is 14.2 Å². The molecule has 2 aromatic carbocycles. The first kappa shape index (κ1) is 22.3. The quantitative estimate of drug-likeness (QED) is 0.344. The Bertz CT molecular complexity index is 1460. The zero-order valence-corrected chi connectivity index (χ0v) is 17.4. The van der Waals surface area contributed by atoms with Crippen LogP contribution in [0, 0.1) is 30.2 Å². The highest BCUT2D eigenvalue weighted by Crippen LogP contribution is 2.29. The summed E-state index contributed by atoms with van der Waals surface area (Å²) in [5, 5.41) is 9.80. The molecule has 0 radical (unpaired) electrons. The highest BCUT2D eigenvalue weighted by Gasteiger charge is 2.18. The van der Waals surface area contributed by atoms with Gasteiger partial charge in [0, 0.05) is 46.9 Å². The number of benzene rings is 2. The summed E-state index contributed by atoms with van der Waals surface area (Å²) in [5.74, 6) is -5.05. The van der Waals surface area contributed by atoms with Gasteiger partial charge >= 0.3 is 5.97 Å². The molecule has 0 saturated heterocycles. The van der Waals surface area contributed by atoms with Gasteiger partial charge in [-0.1, -0.05) is 6.07 Å². The van der Waals surface area contributed by atoms with Crippen LogP contribution in [0.4, 0.5) is 17.6 Å². The van der Waals surface area contributed by atoms with Crippen LogP contribution in [0.15, 0.2) is 53.5 Å². The third-order valence-corrected chi connectivity index (χ3v) is 5.57. The third-order valence-electron chi connectivity index (χ3n) is 5.57. The summed E-state index contributed by atoms with van der Waals surface area (Å²) in [6.07, 6.45) is 1.70. The summed E-state index contributed by atoms with van der Waals surface area (Å²) in [7, 11) is 0. The smallest absolute Gasteiger partial charge is 0.323 e. The lowest BCUT2D eigenvalue weighted by Crippen LogP contribution is -2.20. The molecule has 0 bridgehead atoms. The van der Waals surface area contributed by atoms with Crippen LogP contribution in [0.1, 0.15) is 22.4 Å². The first-order valence-corrected chi connectivity index (χ1v) is 9.96. The first-order chi connectivity index (χ1) is 15.6. The average molecular weight is 458 g/mol. The van der Waals surface area contributed by atoms with E-state index in [1.807, 2.05) is 0 Å². The molecule has 4 rings (SSSR count). The van der Waals surface area contributed by atoms with E-state index in [0.717, 1.165) is 4.57 Å². The van der Waals surface area contributed by atoms with Crippen molar-refractivity contribution in [2.45, 2.75) is 26.4 Å². The topological polar surface area (TPSA) is 64.2 Å². The summed E-state index contributed by atoms with van der Waals surface area (Å²) in [6.45, 7) is 1.11. The Hall–Kier alpha value is -3.88. The monoisotopic (exact) mass is 458 g/mol. The van der Waals surface area contributed by atoms with Crippen molar-refractivity contribution in [1.82, 2.24) is 9.13 Å². The fraction of sp³-hybridized carbons (Fsp3) is 0.167. The molecule has 0 aliphatic rings. The fourth-order valence-corrected chi connectivity index (χ4v) is 3.97. The number of fused-ring (bicyclic) bond motifs is 1. The number of rotatable bonds is 6. The predicted molar refractivity (Wildman–Crippen MR) is 113 cm³/mol. The van der Waals surface area contributed by atoms with E-state index in [0.29, 0.717) is 39.9 Å². The highest BCUT2D eigenvalue weighted by molar-refractivity contribution is 5.87. The molecule has 0 saturated carbocycles. The maximum atomic E-state index is 14.1. The lowest BCUT2D eigenvalue weighted by atomic mass is 10.0. The first-order valence-electron chi connectivity index (χ1n) is 9.96. The molecular weight excluding hydrogens is 440 g/mol. The van der Waals surface area contributed by atoms with Crippen LogP contribution in [-0.4, -0.2) is 20.2 Å². The summed E-state index contributed by atoms with van der Waals surface area (Å²) in [4.78, 5) is 23.6. The van der Waals surface area contributed by atoms with E-state index in [1.54, 1.807) is 17.6 Å². The number of aliphatic carboxylic acids is 1. The molecule has 0 atom stereocenters. The number of pyridine rings is 1. The highest BCUT2D eigenvalue weighted by atomic mass is 19.2. The van der Waals surface area contributed by atoms with Gasteiger partial charge in [0.25, 0.3) is 5.56 Å². The molecular formula is C24H18F4N2O3. The van der Waals surface area contributed by atoms with Crippen molar-refractivity contribution in [3.05, 3.63) is 105 Å². The summed E-state index contributed by atoms with van der Waals surface area (Å²) >= 11 is 0. The number of carbonyl (C=O) groups is 1. The number of halogens is 4. The zero-order chi connectivity index (χ0) is 23.9. The van der Waals surface area contributed by atoms with E-state index in [2.05, 4.69) is 0 Å². The molecule has 0 amide bonds. The lowest BCUT2D eigenvalue weighted by Gasteiger charge is -2.10. The summed E-state index contributed by atoms with van der Waals surface area (Å²) in [6, 6.07) is 8.03. The number of nitrogens with zero attached hydrogens (tertiary/aromatic N) is 2. The summed E-state index contributed by atoms with van der Waals surface area (Å²) in [5.41, 5.74) is 1.81. The van der Waals surface area contributed by atoms with E-state index >= 15 is 0 Å². The van der Waals surface area contributed by atoms with Crippen LogP contribution in [-0.2, 0) is 24.3 Å². The Morgan fingerprint density at radius 3 is 2.42 bits per heavy atom. The standard InChI is InChI=1S/C24H18F4N2O3/c1-13-17(18-8-16(25)3-4-22(18)30(13)12-24(32)33)6-14-2-5-23(31)29(10-14)11-15-7-20(27)21(28)9-19(15)26/h2-5,7-10H,6,11-12H2,1H3,(H,32,33). The molecule has 0 spiro atoms. The number of hydrogen-bond acceptors (Lipinski definition) is 2. The second kappa shape index (κ2) is 8.57. The predicted octanol–water partition coefficient (Wildman–Crippen LogP) is 4.39. The van der Waals surface area contributed by atoms with E-state index < -0.39 is 34.8 Å². The van der Waals surface area contributed by atoms with Gasteiger partial charge in [-0.25, -0.2) is 17.6 Å². The Labute approximate surface area is 185 Å². The molecule has 4 aromatic rings. The Kier molecular flexibility index (Phi) is 5.80. The molecule has 2 heterocycles. The van der Waals surface area contributed by atoms with E-state index in [4.69, 9.17) is 0 Å². The van der Waals surface area contributed by atoms with E-state index in [9.17, 15) is 32.3 Å². The van der Waals surface area contributed by atoms with E-state index in [1.165, 1.54) is 30.5 Å². The van der Waals surface area contributed by atoms with Crippen molar-refractivity contribution in [1.29, 1.82) is 0 Å². The normalized spacial score (nSPS) is 11.3. The fourth-order valence-electron chi connectivity index (χ4n) is 3.97. The van der Waals surface area contributed by atoms with Crippen molar-refractivity contribution in [2.24, 2.45) is 0 Å². The number of aromatic nitrogens is 2. The molecule has 0 aliphatic carbocycles. The molecule has 33 heavy (non-hydrogen) atoms. The van der Waals surface area contributed by atoms with Crippen molar-refractivity contribution in [2.75, 3.05) is 0 Å². The number of carboxylic acid groups (broad SMARTS) is 1. The Balaban J connectivity index is 1.74. The van der Waals surface area contributed by atoms with Gasteiger partial charge in [-0.15, -0.1) is 0 Å². The molecule has 0 aliphatic heterocycles. The third kappa shape index (κ3) is 4.39. The van der Waals surface area contributed by atoms with Gasteiger partial charge in [-0.05, 0) is 42.3 Å². The summed E-state index contributed by atoms with van der Waals surface area (Å²) < 4.78 is 57.5. The number of hydrogen-bond donors (Lipinski definition) is 1. The van der Waals surface area contributed by atoms with Gasteiger partial charge in [-0.3, -0.25) is 9.59 Å². The Morgan fingerprint density at radius 1 is 0.970 bits per heavy atom. The molecule has 9 heteroatoms. The van der Waals surface area contributed by atoms with Gasteiger partial charge in [0.15, 0.2) is 11.6 Å². The van der Waals surface area contributed by atoms with Gasteiger partial charge in [0.2, 0.25) is 0 Å². The van der Waals surface area contributed by atoms with Crippen LogP contribution in [0.2, 0.25) is 0 Å². The van der Waals surface area contributed by atoms with Crippen LogP contribution in [0.5, 0.6) is 0 Å². The van der Waals surface area contributed by atoms with Crippen molar-refractivity contribution in [3.8, 4) is 0 Å². The second-order valence-electron chi connectivity index (χ2n) is 7.74. The minimum atomic E-state index is -1.32. The molecule has 1 N–H and O–H groups in total. The van der Waals surface area contributed by atoms with Gasteiger partial charge in [0.1, 0.15) is 18.2 Å². The molecule has 5 nitrogen and oxygen atoms in total. The molecule has 0 fully saturated rings. The number of carboxylic acids is 1. The van der Waals surface area contributed by atoms with Crippen molar-refractivity contribution >= 4 is 16.9 Å². The van der Waals surface area contributed by atoms with Crippen LogP contribution in [0.3, 0.4) is 0 Å². The maximum absolute atomic E-state index is 14.1. The molecule has 2 aromatic heterocycles. The molecule has 0 unspecified atom stereocenters.